The first-order valence-corrected chi connectivity index (χ1v) is 16.6. The van der Waals surface area contributed by atoms with Crippen LogP contribution in [0.3, 0.4) is 0 Å². The number of carbonyl (C=O) groups excluding carboxylic acids is 1. The minimum atomic E-state index is -4.05. The van der Waals surface area contributed by atoms with E-state index in [1.54, 1.807) is 17.0 Å². The lowest BCUT2D eigenvalue weighted by Gasteiger charge is -2.44. The number of amides is 1. The molecular weight excluding hydrogens is 576 g/mol. The number of aliphatic hydroxyl groups excluding tert-OH is 1. The largest absolute Gasteiger partial charge is 0.477 e. The molecule has 3 aliphatic rings. The van der Waals surface area contributed by atoms with Crippen molar-refractivity contribution in [3.8, 4) is 10.4 Å². The minimum Gasteiger partial charge on any atom is -0.477 e. The van der Waals surface area contributed by atoms with Crippen LogP contribution in [-0.2, 0) is 14.8 Å². The number of benzene rings is 1. The van der Waals surface area contributed by atoms with E-state index >= 15 is 0 Å². The van der Waals surface area contributed by atoms with E-state index in [9.17, 15) is 28.2 Å². The Morgan fingerprint density at radius 3 is 2.40 bits per heavy atom. The lowest BCUT2D eigenvalue weighted by molar-refractivity contribution is -0.121. The van der Waals surface area contributed by atoms with Gasteiger partial charge in [0.2, 0.25) is 15.9 Å². The second-order valence-electron chi connectivity index (χ2n) is 11.3. The van der Waals surface area contributed by atoms with Crippen molar-refractivity contribution in [1.29, 1.82) is 0 Å². The van der Waals surface area contributed by atoms with E-state index in [2.05, 4.69) is 4.98 Å². The molecule has 4 heterocycles. The molecule has 42 heavy (non-hydrogen) atoms. The molecule has 2 aromatic heterocycles. The highest BCUT2D eigenvalue weighted by Gasteiger charge is 2.44. The number of aromatic nitrogens is 1. The Bertz CT molecular complexity index is 1550. The highest BCUT2D eigenvalue weighted by Crippen LogP contribution is 2.42. The Hall–Kier alpha value is -3.32. The summed E-state index contributed by atoms with van der Waals surface area (Å²) in [6, 6.07) is 13.9. The number of piperazine rings is 1. The number of carboxylic acid groups (broad SMARTS) is 1. The highest BCUT2D eigenvalue weighted by atomic mass is 32.2. The van der Waals surface area contributed by atoms with Crippen LogP contribution >= 0.6 is 11.3 Å². The number of aliphatic hydroxyl groups is 1. The Labute approximate surface area is 249 Å². The zero-order chi connectivity index (χ0) is 29.4. The molecule has 3 aromatic rings. The van der Waals surface area contributed by atoms with Crippen molar-refractivity contribution in [3.63, 3.8) is 0 Å². The first-order valence-electron chi connectivity index (χ1n) is 14.4. The average molecular weight is 611 g/mol. The summed E-state index contributed by atoms with van der Waals surface area (Å²) in [5.74, 6) is -0.904. The molecule has 2 aliphatic heterocycles. The zero-order valence-corrected chi connectivity index (χ0v) is 24.8. The van der Waals surface area contributed by atoms with Crippen LogP contribution in [0.25, 0.3) is 10.4 Å². The molecule has 0 radical (unpaired) electrons. The van der Waals surface area contributed by atoms with Crippen molar-refractivity contribution >= 4 is 44.7 Å². The minimum absolute atomic E-state index is 0.00256. The van der Waals surface area contributed by atoms with E-state index in [1.807, 2.05) is 35.2 Å². The normalized spacial score (nSPS) is 22.5. The number of β-amino-alcohol motifs (C(OH)–C–C–N with tert-alkyl or cyclic N) is 1. The Balaban J connectivity index is 1.33. The van der Waals surface area contributed by atoms with E-state index in [4.69, 9.17) is 0 Å². The topological polar surface area (TPSA) is 131 Å². The smallest absolute Gasteiger partial charge is 0.348 e. The van der Waals surface area contributed by atoms with Gasteiger partial charge in [0.05, 0.1) is 24.4 Å². The lowest BCUT2D eigenvalue weighted by atomic mass is 9.82. The van der Waals surface area contributed by atoms with Gasteiger partial charge in [0.15, 0.2) is 0 Å². The van der Waals surface area contributed by atoms with Gasteiger partial charge in [-0.1, -0.05) is 49.6 Å². The quantitative estimate of drug-likeness (QED) is 0.410. The Morgan fingerprint density at radius 2 is 1.76 bits per heavy atom. The molecule has 222 valence electrons. The fourth-order valence-electron chi connectivity index (χ4n) is 6.41. The van der Waals surface area contributed by atoms with Gasteiger partial charge in [-0.15, -0.1) is 11.3 Å². The summed E-state index contributed by atoms with van der Waals surface area (Å²) in [4.78, 5) is 35.0. The number of carboxylic acids is 1. The first-order chi connectivity index (χ1) is 20.2. The number of pyridine rings is 1. The molecule has 2 saturated heterocycles. The highest BCUT2D eigenvalue weighted by molar-refractivity contribution is 7.89. The fraction of sp³-hybridized carbons (Fsp3) is 0.433. The van der Waals surface area contributed by atoms with Crippen molar-refractivity contribution in [2.75, 3.05) is 36.0 Å². The molecule has 2 N–H and O–H groups in total. The number of aromatic carboxylic acids is 1. The van der Waals surface area contributed by atoms with Crippen LogP contribution in [-0.4, -0.2) is 78.1 Å². The number of rotatable bonds is 7. The van der Waals surface area contributed by atoms with Crippen LogP contribution in [0.2, 0.25) is 0 Å². The first kappa shape index (κ1) is 28.8. The third kappa shape index (κ3) is 5.56. The van der Waals surface area contributed by atoms with Gasteiger partial charge < -0.3 is 20.0 Å². The summed E-state index contributed by atoms with van der Waals surface area (Å²) in [5.41, 5.74) is 1.20. The number of sulfonamides is 1. The molecule has 12 heteroatoms. The van der Waals surface area contributed by atoms with Gasteiger partial charge >= 0.3 is 5.97 Å². The molecule has 0 spiro atoms. The average Bonchev–Trinajstić information content (AvgIpc) is 3.65. The van der Waals surface area contributed by atoms with Crippen molar-refractivity contribution in [2.45, 2.75) is 55.6 Å². The number of hydrogen-bond donors (Lipinski definition) is 2. The Kier molecular flexibility index (Phi) is 8.05. The van der Waals surface area contributed by atoms with Crippen LogP contribution in [0.15, 0.2) is 59.6 Å². The second-order valence-corrected chi connectivity index (χ2v) is 14.3. The van der Waals surface area contributed by atoms with Crippen LogP contribution in [0.5, 0.6) is 0 Å². The number of thiophene rings is 1. The molecule has 1 aliphatic carbocycles. The molecule has 6 rings (SSSR count). The van der Waals surface area contributed by atoms with E-state index in [-0.39, 0.29) is 28.8 Å². The van der Waals surface area contributed by atoms with Gasteiger partial charge in [0.1, 0.15) is 15.6 Å². The summed E-state index contributed by atoms with van der Waals surface area (Å²) in [6.07, 6.45) is 6.27. The van der Waals surface area contributed by atoms with Gasteiger partial charge in [0.25, 0.3) is 0 Å². The Morgan fingerprint density at radius 1 is 1.00 bits per heavy atom. The van der Waals surface area contributed by atoms with E-state index in [1.165, 1.54) is 16.6 Å². The molecule has 1 saturated carbocycles. The van der Waals surface area contributed by atoms with E-state index in [0.29, 0.717) is 31.0 Å². The standard InChI is InChI=1S/C30H34N4O6S2/c35-22-13-14-32(17-22)27-12-11-23(16-31-27)42(39,40)33-18-25(20-7-3-1-4-8-20)34(28(36)19-33)24-15-26(41-29(24)30(37)38)21-9-5-2-6-10-21/h2,5-6,9-12,15-16,20,22,25,35H,1,3-4,7-8,13-14,17-19H2,(H,37,38)/t22-,25?/m0/s1. The zero-order valence-electron chi connectivity index (χ0n) is 23.1. The number of hydrogen-bond acceptors (Lipinski definition) is 8. The van der Waals surface area contributed by atoms with Gasteiger partial charge in [-0.25, -0.2) is 18.2 Å². The van der Waals surface area contributed by atoms with Gasteiger partial charge in [-0.2, -0.15) is 4.31 Å². The number of nitrogens with zero attached hydrogens (tertiary/aromatic N) is 4. The molecule has 1 amide bonds. The summed E-state index contributed by atoms with van der Waals surface area (Å²) < 4.78 is 28.9. The molecule has 1 aromatic carbocycles. The predicted octanol–water partition coefficient (Wildman–Crippen LogP) is 4.07. The van der Waals surface area contributed by atoms with Crippen LogP contribution in [0.4, 0.5) is 11.5 Å². The molecule has 1 unspecified atom stereocenters. The van der Waals surface area contributed by atoms with E-state index in [0.717, 1.165) is 53.9 Å². The molecule has 10 nitrogen and oxygen atoms in total. The third-order valence-corrected chi connectivity index (χ3v) is 11.5. The second kappa shape index (κ2) is 11.8. The molecule has 3 fully saturated rings. The van der Waals surface area contributed by atoms with Crippen LogP contribution in [0.1, 0.15) is 48.2 Å². The summed E-state index contributed by atoms with van der Waals surface area (Å²) in [7, 11) is -4.05. The maximum absolute atomic E-state index is 13.9. The number of carbonyl (C=O) groups is 2. The van der Waals surface area contributed by atoms with Gasteiger partial charge in [0, 0.05) is 30.7 Å². The summed E-state index contributed by atoms with van der Waals surface area (Å²) in [5, 5.41) is 20.0. The molecule has 0 bridgehead atoms. The van der Waals surface area contributed by atoms with Gasteiger partial charge in [-0.3, -0.25) is 4.79 Å². The maximum Gasteiger partial charge on any atom is 0.348 e. The third-order valence-electron chi connectivity index (χ3n) is 8.57. The van der Waals surface area contributed by atoms with Crippen LogP contribution in [0, 0.1) is 5.92 Å². The molecular formula is C30H34N4O6S2. The monoisotopic (exact) mass is 610 g/mol. The predicted molar refractivity (Wildman–Crippen MR) is 160 cm³/mol. The van der Waals surface area contributed by atoms with Crippen molar-refractivity contribution < 1.29 is 28.2 Å². The maximum atomic E-state index is 13.9. The van der Waals surface area contributed by atoms with Crippen molar-refractivity contribution in [1.82, 2.24) is 9.29 Å². The van der Waals surface area contributed by atoms with Gasteiger partial charge in [-0.05, 0) is 48.9 Å². The summed E-state index contributed by atoms with van der Waals surface area (Å²) >= 11 is 1.13. The van der Waals surface area contributed by atoms with Crippen LogP contribution < -0.4 is 9.80 Å². The number of anilines is 2. The van der Waals surface area contributed by atoms with E-state index < -0.39 is 34.0 Å². The summed E-state index contributed by atoms with van der Waals surface area (Å²) in [6.45, 7) is 0.786. The van der Waals surface area contributed by atoms with Crippen molar-refractivity contribution in [2.24, 2.45) is 5.92 Å². The lowest BCUT2D eigenvalue weighted by Crippen LogP contribution is -2.60. The molecule has 2 atom stereocenters. The van der Waals surface area contributed by atoms with Crippen molar-refractivity contribution in [3.05, 3.63) is 59.6 Å². The SMILES string of the molecule is O=C(O)c1sc(-c2ccccc2)cc1N1C(=O)CN(S(=O)(=O)c2ccc(N3CC[C@H](O)C3)nc2)CC1C1CCCCC1. The fourth-order valence-corrected chi connectivity index (χ4v) is 8.76.